The van der Waals surface area contributed by atoms with Crippen molar-refractivity contribution in [3.63, 3.8) is 0 Å². The van der Waals surface area contributed by atoms with E-state index in [1.165, 1.54) is 26.4 Å². The van der Waals surface area contributed by atoms with Crippen molar-refractivity contribution in [3.8, 4) is 11.5 Å². The number of rotatable bonds is 11. The Morgan fingerprint density at radius 2 is 1.58 bits per heavy atom. The predicted molar refractivity (Wildman–Crippen MR) is 132 cm³/mol. The Balaban J connectivity index is 1.56. The molecule has 3 N–H and O–H groups in total. The summed E-state index contributed by atoms with van der Waals surface area (Å²) >= 11 is 0. The van der Waals surface area contributed by atoms with Gasteiger partial charge in [-0.2, -0.15) is 0 Å². The average Bonchev–Trinajstić information content (AvgIpc) is 3.69. The summed E-state index contributed by atoms with van der Waals surface area (Å²) in [7, 11) is 2.93. The third-order valence-corrected chi connectivity index (χ3v) is 5.49. The number of benzene rings is 2. The van der Waals surface area contributed by atoms with Crippen LogP contribution in [0.2, 0.25) is 0 Å². The summed E-state index contributed by atoms with van der Waals surface area (Å²) in [4.78, 5) is 50.0. The summed E-state index contributed by atoms with van der Waals surface area (Å²) in [6.45, 7) is 2.94. The van der Waals surface area contributed by atoms with E-state index in [1.54, 1.807) is 44.2 Å². The molecule has 192 valence electrons. The zero-order chi connectivity index (χ0) is 26.2. The van der Waals surface area contributed by atoms with E-state index in [9.17, 15) is 19.2 Å². The van der Waals surface area contributed by atoms with Gasteiger partial charge in [-0.15, -0.1) is 0 Å². The fourth-order valence-electron chi connectivity index (χ4n) is 3.32. The normalized spacial score (nSPS) is 13.4. The van der Waals surface area contributed by atoms with Crippen LogP contribution in [0, 0.1) is 5.92 Å². The molecule has 1 saturated carbocycles. The molecule has 1 aliphatic carbocycles. The van der Waals surface area contributed by atoms with Gasteiger partial charge in [-0.3, -0.25) is 14.4 Å². The van der Waals surface area contributed by atoms with Crippen molar-refractivity contribution < 1.29 is 33.4 Å². The number of ether oxygens (including phenoxy) is 3. The molecular formula is C26H31N3O7. The van der Waals surface area contributed by atoms with E-state index in [1.807, 2.05) is 0 Å². The molecule has 0 aromatic heterocycles. The lowest BCUT2D eigenvalue weighted by Crippen LogP contribution is -2.46. The van der Waals surface area contributed by atoms with Crippen molar-refractivity contribution in [3.05, 3.63) is 53.6 Å². The Morgan fingerprint density at radius 3 is 2.17 bits per heavy atom. The molecule has 0 spiro atoms. The molecule has 2 aromatic rings. The number of esters is 1. The maximum absolute atomic E-state index is 12.8. The van der Waals surface area contributed by atoms with E-state index in [0.29, 0.717) is 22.7 Å². The monoisotopic (exact) mass is 497 g/mol. The number of amides is 3. The fourth-order valence-corrected chi connectivity index (χ4v) is 3.32. The number of methoxy groups -OCH3 is 2. The maximum Gasteiger partial charge on any atom is 0.329 e. The van der Waals surface area contributed by atoms with Crippen molar-refractivity contribution in [2.24, 2.45) is 5.92 Å². The van der Waals surface area contributed by atoms with Gasteiger partial charge in [0.05, 0.1) is 14.2 Å². The number of hydrogen-bond acceptors (Lipinski definition) is 7. The van der Waals surface area contributed by atoms with Crippen LogP contribution in [0.4, 0.5) is 5.69 Å². The van der Waals surface area contributed by atoms with Crippen molar-refractivity contribution >= 4 is 29.4 Å². The molecular weight excluding hydrogens is 466 g/mol. The van der Waals surface area contributed by atoms with Crippen molar-refractivity contribution in [1.82, 2.24) is 10.6 Å². The lowest BCUT2D eigenvalue weighted by atomic mass is 10.0. The Bertz CT molecular complexity index is 1110. The molecule has 2 aromatic carbocycles. The van der Waals surface area contributed by atoms with Crippen LogP contribution >= 0.6 is 0 Å². The highest BCUT2D eigenvalue weighted by atomic mass is 16.5. The van der Waals surface area contributed by atoms with E-state index >= 15 is 0 Å². The maximum atomic E-state index is 12.8. The minimum absolute atomic E-state index is 0.204. The third-order valence-electron chi connectivity index (χ3n) is 5.49. The van der Waals surface area contributed by atoms with E-state index in [-0.39, 0.29) is 23.4 Å². The van der Waals surface area contributed by atoms with Gasteiger partial charge in [-0.25, -0.2) is 4.79 Å². The minimum Gasteiger partial charge on any atom is -0.497 e. The van der Waals surface area contributed by atoms with Gasteiger partial charge in [0, 0.05) is 28.9 Å². The van der Waals surface area contributed by atoms with Crippen LogP contribution in [0.3, 0.4) is 0 Å². The lowest BCUT2D eigenvalue weighted by molar-refractivity contribution is -0.150. The molecule has 0 saturated heterocycles. The van der Waals surface area contributed by atoms with Crippen LogP contribution < -0.4 is 25.4 Å². The van der Waals surface area contributed by atoms with Gasteiger partial charge < -0.3 is 30.2 Å². The number of hydrogen-bond donors (Lipinski definition) is 3. The summed E-state index contributed by atoms with van der Waals surface area (Å²) in [6, 6.07) is 10.4. The van der Waals surface area contributed by atoms with Crippen LogP contribution in [-0.4, -0.2) is 56.6 Å². The number of carbonyl (C=O) groups is 4. The Morgan fingerprint density at radius 1 is 0.917 bits per heavy atom. The Hall–Kier alpha value is -4.08. The topological polar surface area (TPSA) is 132 Å². The van der Waals surface area contributed by atoms with Crippen LogP contribution in [0.15, 0.2) is 42.5 Å². The summed E-state index contributed by atoms with van der Waals surface area (Å²) in [5.74, 6) is -1.50. The minimum atomic E-state index is -0.989. The van der Waals surface area contributed by atoms with Crippen molar-refractivity contribution in [1.29, 1.82) is 0 Å². The van der Waals surface area contributed by atoms with Crippen molar-refractivity contribution in [2.45, 2.75) is 38.8 Å². The van der Waals surface area contributed by atoms with E-state index in [4.69, 9.17) is 14.2 Å². The molecule has 10 nitrogen and oxygen atoms in total. The van der Waals surface area contributed by atoms with Gasteiger partial charge in [0.25, 0.3) is 17.7 Å². The van der Waals surface area contributed by atoms with Gasteiger partial charge in [0.1, 0.15) is 17.5 Å². The van der Waals surface area contributed by atoms with Gasteiger partial charge in [0.15, 0.2) is 6.61 Å². The third kappa shape index (κ3) is 7.46. The molecule has 36 heavy (non-hydrogen) atoms. The smallest absolute Gasteiger partial charge is 0.329 e. The van der Waals surface area contributed by atoms with E-state index < -0.39 is 30.4 Å². The standard InChI is InChI=1S/C26H31N3O7/c1-15(2)23(29-25(32)17-11-20(34-3)13-21(12-17)35-4)26(33)36-14-22(30)27-19-7-5-6-16(10-19)24(31)28-18-8-9-18/h5-7,10-13,15,18,23H,8-9,14H2,1-4H3,(H,27,30)(H,28,31)(H,29,32)/t23-/m0/s1. The van der Waals surface area contributed by atoms with Gasteiger partial charge in [-0.05, 0) is 49.1 Å². The molecule has 3 rings (SSSR count). The van der Waals surface area contributed by atoms with Crippen LogP contribution in [0.5, 0.6) is 11.5 Å². The van der Waals surface area contributed by atoms with Crippen LogP contribution in [0.25, 0.3) is 0 Å². The van der Waals surface area contributed by atoms with E-state index in [0.717, 1.165) is 12.8 Å². The zero-order valence-corrected chi connectivity index (χ0v) is 20.8. The number of anilines is 1. The largest absolute Gasteiger partial charge is 0.497 e. The number of carbonyl (C=O) groups excluding carboxylic acids is 4. The number of nitrogens with one attached hydrogen (secondary N) is 3. The van der Waals surface area contributed by atoms with E-state index in [2.05, 4.69) is 16.0 Å². The molecule has 0 unspecified atom stereocenters. The quantitative estimate of drug-likeness (QED) is 0.407. The summed E-state index contributed by atoms with van der Waals surface area (Å²) in [5.41, 5.74) is 1.07. The average molecular weight is 498 g/mol. The second-order valence-electron chi connectivity index (χ2n) is 8.78. The fraction of sp³-hybridized carbons (Fsp3) is 0.385. The first kappa shape index (κ1) is 26.5. The highest BCUT2D eigenvalue weighted by Gasteiger charge is 2.27. The molecule has 1 aliphatic rings. The molecule has 0 heterocycles. The zero-order valence-electron chi connectivity index (χ0n) is 20.8. The molecule has 1 fully saturated rings. The molecule has 3 amide bonds. The molecule has 0 bridgehead atoms. The summed E-state index contributed by atoms with van der Waals surface area (Å²) in [5, 5.41) is 8.14. The van der Waals surface area contributed by atoms with Crippen molar-refractivity contribution in [2.75, 3.05) is 26.1 Å². The summed E-state index contributed by atoms with van der Waals surface area (Å²) < 4.78 is 15.5. The predicted octanol–water partition coefficient (Wildman–Crippen LogP) is 2.53. The second kappa shape index (κ2) is 12.1. The first-order chi connectivity index (χ1) is 17.2. The van der Waals surface area contributed by atoms with Gasteiger partial charge >= 0.3 is 5.97 Å². The Labute approximate surface area is 209 Å². The SMILES string of the molecule is COc1cc(OC)cc(C(=O)N[C@H](C(=O)OCC(=O)Nc2cccc(C(=O)NC3CC3)c2)C(C)C)c1. The highest BCUT2D eigenvalue weighted by molar-refractivity contribution is 5.99. The Kier molecular flexibility index (Phi) is 8.88. The first-order valence-electron chi connectivity index (χ1n) is 11.6. The molecule has 10 heteroatoms. The van der Waals surface area contributed by atoms with Crippen LogP contribution in [-0.2, 0) is 14.3 Å². The van der Waals surface area contributed by atoms with Gasteiger partial charge in [-0.1, -0.05) is 19.9 Å². The highest BCUT2D eigenvalue weighted by Crippen LogP contribution is 2.23. The second-order valence-corrected chi connectivity index (χ2v) is 8.78. The first-order valence-corrected chi connectivity index (χ1v) is 11.6. The molecule has 0 radical (unpaired) electrons. The lowest BCUT2D eigenvalue weighted by Gasteiger charge is -2.21. The van der Waals surface area contributed by atoms with Crippen LogP contribution in [0.1, 0.15) is 47.4 Å². The molecule has 1 atom stereocenters. The summed E-state index contributed by atoms with van der Waals surface area (Å²) in [6.07, 6.45) is 1.94. The molecule has 0 aliphatic heterocycles. The van der Waals surface area contributed by atoms with Gasteiger partial charge in [0.2, 0.25) is 0 Å².